The predicted molar refractivity (Wildman–Crippen MR) is 204 cm³/mol. The first-order valence-electron chi connectivity index (χ1n) is 18.9. The summed E-state index contributed by atoms with van der Waals surface area (Å²) >= 11 is 0. The summed E-state index contributed by atoms with van der Waals surface area (Å²) in [4.78, 5) is 0. The van der Waals surface area contributed by atoms with Crippen molar-refractivity contribution in [3.63, 3.8) is 0 Å². The Morgan fingerprint density at radius 3 is 0.826 bits per heavy atom. The molecule has 0 spiro atoms. The first kappa shape index (κ1) is 43.8. The summed E-state index contributed by atoms with van der Waals surface area (Å²) in [7, 11) is 0. The van der Waals surface area contributed by atoms with Crippen molar-refractivity contribution in [1.29, 1.82) is 0 Å². The maximum absolute atomic E-state index is 10.3. The Hall–Kier alpha value is -2.20. The van der Waals surface area contributed by atoms with Gasteiger partial charge in [0.25, 0.3) is 0 Å². The molecule has 3 nitrogen and oxygen atoms in total. The number of aliphatic hydroxyl groups excluding tert-OH is 3. The van der Waals surface area contributed by atoms with Crippen molar-refractivity contribution in [2.75, 3.05) is 0 Å². The van der Waals surface area contributed by atoms with E-state index >= 15 is 0 Å². The molecule has 0 aliphatic rings. The topological polar surface area (TPSA) is 60.7 Å². The molecule has 0 saturated heterocycles. The predicted octanol–water partition coefficient (Wildman–Crippen LogP) is 12.1. The van der Waals surface area contributed by atoms with Crippen LogP contribution in [0.3, 0.4) is 0 Å². The van der Waals surface area contributed by atoms with Gasteiger partial charge in [-0.15, -0.1) is 0 Å². The SMILES string of the molecule is CCCCC/C=C\C/C=C\C/C=C\C/C=C\CCCCC(O)C(O)C(O)CCCC/C=C\C/C=C\C/C=C\C/C=C\CCCCC. The lowest BCUT2D eigenvalue weighted by molar-refractivity contribution is -0.0652. The third kappa shape index (κ3) is 33.2. The zero-order chi connectivity index (χ0) is 33.6. The van der Waals surface area contributed by atoms with Gasteiger partial charge in [-0.1, -0.05) is 150 Å². The number of aliphatic hydroxyl groups is 3. The molecule has 3 N–H and O–H groups in total. The van der Waals surface area contributed by atoms with Crippen LogP contribution in [0.4, 0.5) is 0 Å². The Balaban J connectivity index is 3.71. The van der Waals surface area contributed by atoms with Crippen LogP contribution in [0, 0.1) is 0 Å². The Kier molecular flexibility index (Phi) is 35.5. The van der Waals surface area contributed by atoms with E-state index in [2.05, 4.69) is 111 Å². The van der Waals surface area contributed by atoms with Crippen LogP contribution in [0.1, 0.15) is 155 Å². The normalized spacial score (nSPS) is 15.2. The number of rotatable bonds is 32. The molecule has 262 valence electrons. The van der Waals surface area contributed by atoms with E-state index in [0.717, 1.165) is 77.0 Å². The van der Waals surface area contributed by atoms with Gasteiger partial charge >= 0.3 is 0 Å². The van der Waals surface area contributed by atoms with Crippen molar-refractivity contribution in [3.05, 3.63) is 97.2 Å². The molecular formula is C43H72O3. The first-order valence-corrected chi connectivity index (χ1v) is 18.9. The maximum atomic E-state index is 10.3. The highest BCUT2D eigenvalue weighted by atomic mass is 16.4. The lowest BCUT2D eigenvalue weighted by Gasteiger charge is -2.22. The van der Waals surface area contributed by atoms with Crippen molar-refractivity contribution < 1.29 is 15.3 Å². The summed E-state index contributed by atoms with van der Waals surface area (Å²) in [6.07, 6.45) is 55.6. The zero-order valence-corrected chi connectivity index (χ0v) is 29.9. The summed E-state index contributed by atoms with van der Waals surface area (Å²) in [5.74, 6) is 0. The number of hydrogen-bond donors (Lipinski definition) is 3. The van der Waals surface area contributed by atoms with Gasteiger partial charge in [-0.25, -0.2) is 0 Å². The van der Waals surface area contributed by atoms with Crippen LogP contribution in [0.25, 0.3) is 0 Å². The fraction of sp³-hybridized carbons (Fsp3) is 0.628. The van der Waals surface area contributed by atoms with Gasteiger partial charge in [0.05, 0.1) is 12.2 Å². The minimum absolute atomic E-state index is 0.522. The first-order chi connectivity index (χ1) is 22.6. The molecule has 46 heavy (non-hydrogen) atoms. The second kappa shape index (κ2) is 37.3. The van der Waals surface area contributed by atoms with Crippen LogP contribution in [0.15, 0.2) is 97.2 Å². The van der Waals surface area contributed by atoms with Gasteiger partial charge in [0.2, 0.25) is 0 Å². The quantitative estimate of drug-likeness (QED) is 0.0508. The molecule has 0 fully saturated rings. The van der Waals surface area contributed by atoms with Gasteiger partial charge in [0.15, 0.2) is 0 Å². The maximum Gasteiger partial charge on any atom is 0.106 e. The van der Waals surface area contributed by atoms with E-state index < -0.39 is 18.3 Å². The molecule has 2 atom stereocenters. The summed E-state index contributed by atoms with van der Waals surface area (Å²) < 4.78 is 0. The summed E-state index contributed by atoms with van der Waals surface area (Å²) in [6, 6.07) is 0. The molecule has 0 heterocycles. The van der Waals surface area contributed by atoms with Gasteiger partial charge < -0.3 is 15.3 Å². The van der Waals surface area contributed by atoms with E-state index in [0.29, 0.717) is 12.8 Å². The largest absolute Gasteiger partial charge is 0.390 e. The number of allylic oxidation sites excluding steroid dienone is 16. The number of unbranched alkanes of at least 4 members (excludes halogenated alkanes) is 10. The highest BCUT2D eigenvalue weighted by molar-refractivity contribution is 5.00. The average molecular weight is 637 g/mol. The van der Waals surface area contributed by atoms with E-state index in [1.54, 1.807) is 0 Å². The summed E-state index contributed by atoms with van der Waals surface area (Å²) in [5, 5.41) is 30.9. The van der Waals surface area contributed by atoms with Gasteiger partial charge in [0.1, 0.15) is 6.10 Å². The van der Waals surface area contributed by atoms with E-state index in [-0.39, 0.29) is 0 Å². The van der Waals surface area contributed by atoms with Crippen LogP contribution < -0.4 is 0 Å². The summed E-state index contributed by atoms with van der Waals surface area (Å²) in [5.41, 5.74) is 0. The van der Waals surface area contributed by atoms with Gasteiger partial charge in [0, 0.05) is 0 Å². The molecule has 0 aromatic rings. The molecule has 2 unspecified atom stereocenters. The minimum Gasteiger partial charge on any atom is -0.390 e. The molecule has 0 aromatic heterocycles. The molecule has 0 bridgehead atoms. The molecular weight excluding hydrogens is 564 g/mol. The second-order valence-corrected chi connectivity index (χ2v) is 12.4. The van der Waals surface area contributed by atoms with Gasteiger partial charge in [-0.05, 0) is 103 Å². The van der Waals surface area contributed by atoms with E-state index in [4.69, 9.17) is 0 Å². The lowest BCUT2D eigenvalue weighted by Crippen LogP contribution is -2.37. The molecule has 0 saturated carbocycles. The highest BCUT2D eigenvalue weighted by Gasteiger charge is 2.23. The average Bonchev–Trinajstić information content (AvgIpc) is 3.06. The molecule has 0 amide bonds. The second-order valence-electron chi connectivity index (χ2n) is 12.4. The van der Waals surface area contributed by atoms with Gasteiger partial charge in [-0.3, -0.25) is 0 Å². The third-order valence-electron chi connectivity index (χ3n) is 7.94. The Morgan fingerprint density at radius 2 is 0.565 bits per heavy atom. The van der Waals surface area contributed by atoms with Crippen molar-refractivity contribution in [3.8, 4) is 0 Å². The minimum atomic E-state index is -1.06. The van der Waals surface area contributed by atoms with Crippen LogP contribution in [-0.4, -0.2) is 33.6 Å². The molecule has 0 radical (unpaired) electrons. The third-order valence-corrected chi connectivity index (χ3v) is 7.94. The fourth-order valence-corrected chi connectivity index (χ4v) is 4.95. The monoisotopic (exact) mass is 637 g/mol. The van der Waals surface area contributed by atoms with Gasteiger partial charge in [-0.2, -0.15) is 0 Å². The number of hydrogen-bond acceptors (Lipinski definition) is 3. The van der Waals surface area contributed by atoms with Crippen LogP contribution in [-0.2, 0) is 0 Å². The van der Waals surface area contributed by atoms with Crippen molar-refractivity contribution >= 4 is 0 Å². The standard InChI is InChI=1S/C43H72O3/c1-3-5-7-9-11-13-15-17-19-21-23-25-27-29-31-33-35-37-39-41(44)43(46)42(45)40-38-36-34-32-30-28-26-24-22-20-18-16-14-12-10-8-6-4-2/h11-14,17-20,23-26,29-32,41-46H,3-10,15-16,21-22,27-28,33-40H2,1-2H3/b13-11-,14-12-,19-17-,20-18-,25-23-,26-24-,31-29-,32-30-. The van der Waals surface area contributed by atoms with Crippen LogP contribution in [0.5, 0.6) is 0 Å². The smallest absolute Gasteiger partial charge is 0.106 e. The molecule has 0 aliphatic carbocycles. The van der Waals surface area contributed by atoms with Crippen molar-refractivity contribution in [2.24, 2.45) is 0 Å². The lowest BCUT2D eigenvalue weighted by atomic mass is 9.98. The molecule has 0 rings (SSSR count). The Labute approximate surface area is 285 Å². The molecule has 0 aliphatic heterocycles. The Morgan fingerprint density at radius 1 is 0.326 bits per heavy atom. The summed E-state index contributed by atoms with van der Waals surface area (Å²) in [6.45, 7) is 4.48. The van der Waals surface area contributed by atoms with Crippen LogP contribution in [0.2, 0.25) is 0 Å². The van der Waals surface area contributed by atoms with E-state index in [1.807, 2.05) is 0 Å². The highest BCUT2D eigenvalue weighted by Crippen LogP contribution is 2.15. The van der Waals surface area contributed by atoms with E-state index in [9.17, 15) is 15.3 Å². The van der Waals surface area contributed by atoms with Crippen molar-refractivity contribution in [2.45, 2.75) is 173 Å². The molecule has 3 heteroatoms. The van der Waals surface area contributed by atoms with Crippen LogP contribution >= 0.6 is 0 Å². The zero-order valence-electron chi connectivity index (χ0n) is 29.9. The van der Waals surface area contributed by atoms with E-state index in [1.165, 1.54) is 51.4 Å². The molecule has 0 aromatic carbocycles. The fourth-order valence-electron chi connectivity index (χ4n) is 4.95. The van der Waals surface area contributed by atoms with Crippen molar-refractivity contribution in [1.82, 2.24) is 0 Å². The Bertz CT molecular complexity index is 787.